The van der Waals surface area contributed by atoms with Crippen LogP contribution in [0.2, 0.25) is 10.0 Å². The van der Waals surface area contributed by atoms with Crippen LogP contribution >= 0.6 is 23.2 Å². The van der Waals surface area contributed by atoms with Crippen LogP contribution in [-0.4, -0.2) is 50.3 Å². The van der Waals surface area contributed by atoms with Crippen molar-refractivity contribution in [3.8, 4) is 39.4 Å². The number of amides is 1. The number of carbonyl (C=O) groups excluding carboxylic acids is 1. The number of nitrogens with zero attached hydrogens (tertiary/aromatic N) is 4. The molecule has 48 heavy (non-hydrogen) atoms. The Bertz CT molecular complexity index is 2070. The number of pyridine rings is 1. The fourth-order valence-corrected chi connectivity index (χ4v) is 6.52. The topological polar surface area (TPSA) is 115 Å². The van der Waals surface area contributed by atoms with Gasteiger partial charge in [-0.3, -0.25) is 14.2 Å². The molecule has 0 aliphatic carbocycles. The van der Waals surface area contributed by atoms with Crippen molar-refractivity contribution in [2.45, 2.75) is 58.3 Å². The van der Waals surface area contributed by atoms with Crippen LogP contribution in [0.1, 0.15) is 45.0 Å². The number of rotatable bonds is 10. The third-order valence-corrected chi connectivity index (χ3v) is 9.32. The van der Waals surface area contributed by atoms with Gasteiger partial charge in [0, 0.05) is 77.7 Å². The van der Waals surface area contributed by atoms with Crippen molar-refractivity contribution in [1.82, 2.24) is 35.1 Å². The fourth-order valence-electron chi connectivity index (χ4n) is 5.86. The summed E-state index contributed by atoms with van der Waals surface area (Å²) in [5.41, 5.74) is 5.51. The highest BCUT2D eigenvalue weighted by atomic mass is 35.5. The summed E-state index contributed by atoms with van der Waals surface area (Å²) >= 11 is 14.2. The molecule has 0 spiro atoms. The molecule has 10 nitrogen and oxygen atoms in total. The van der Waals surface area contributed by atoms with Crippen molar-refractivity contribution >= 4 is 34.6 Å². The van der Waals surface area contributed by atoms with E-state index in [1.165, 1.54) is 0 Å². The minimum atomic E-state index is -0.142. The molecule has 1 fully saturated rings. The Balaban J connectivity index is 1.29. The quantitative estimate of drug-likeness (QED) is 0.165. The lowest BCUT2D eigenvalue weighted by Crippen LogP contribution is -2.37. The Morgan fingerprint density at radius 3 is 2.33 bits per heavy atom. The van der Waals surface area contributed by atoms with E-state index >= 15 is 0 Å². The summed E-state index contributed by atoms with van der Waals surface area (Å²) in [4.78, 5) is 29.6. The lowest BCUT2D eigenvalue weighted by Gasteiger charge is -2.20. The average molecular weight is 689 g/mol. The highest BCUT2D eigenvalue weighted by molar-refractivity contribution is 6.39. The second kappa shape index (κ2) is 13.7. The van der Waals surface area contributed by atoms with Gasteiger partial charge in [-0.2, -0.15) is 5.10 Å². The molecule has 250 valence electrons. The maximum Gasteiger partial charge on any atom is 0.277 e. The van der Waals surface area contributed by atoms with Gasteiger partial charge < -0.3 is 20.7 Å². The van der Waals surface area contributed by atoms with Gasteiger partial charge in [0.2, 0.25) is 11.8 Å². The summed E-state index contributed by atoms with van der Waals surface area (Å²) in [5.74, 6) is 1.22. The lowest BCUT2D eigenvalue weighted by atomic mass is 9.97. The van der Waals surface area contributed by atoms with Crippen LogP contribution in [0.15, 0.2) is 65.6 Å². The Hall–Kier alpha value is -4.22. The van der Waals surface area contributed by atoms with Gasteiger partial charge in [0.25, 0.3) is 5.56 Å². The van der Waals surface area contributed by atoms with Crippen LogP contribution in [-0.2, 0) is 24.9 Å². The smallest absolute Gasteiger partial charge is 0.277 e. The minimum absolute atomic E-state index is 0.0963. The van der Waals surface area contributed by atoms with Crippen molar-refractivity contribution in [2.24, 2.45) is 7.05 Å². The summed E-state index contributed by atoms with van der Waals surface area (Å²) in [6.07, 6.45) is 3.23. The number of hydrogen-bond acceptors (Lipinski definition) is 7. The molecule has 1 aliphatic heterocycles. The molecule has 0 saturated carbocycles. The molecular weight excluding hydrogens is 649 g/mol. The van der Waals surface area contributed by atoms with Gasteiger partial charge in [-0.05, 0) is 39.3 Å². The Labute approximate surface area is 289 Å². The molecule has 6 rings (SSSR count). The highest BCUT2D eigenvalue weighted by Crippen LogP contribution is 2.42. The van der Waals surface area contributed by atoms with Gasteiger partial charge in [-0.1, -0.05) is 65.7 Å². The van der Waals surface area contributed by atoms with Gasteiger partial charge in [0.1, 0.15) is 11.3 Å². The van der Waals surface area contributed by atoms with E-state index in [9.17, 15) is 9.59 Å². The highest BCUT2D eigenvalue weighted by Gasteiger charge is 2.21. The number of fused-ring (bicyclic) bond motifs is 1. The number of aromatic nitrogens is 4. The maximum absolute atomic E-state index is 13.3. The Kier molecular flexibility index (Phi) is 9.62. The van der Waals surface area contributed by atoms with E-state index in [-0.39, 0.29) is 23.0 Å². The van der Waals surface area contributed by atoms with Crippen LogP contribution in [0.25, 0.3) is 39.0 Å². The predicted molar refractivity (Wildman–Crippen MR) is 191 cm³/mol. The largest absolute Gasteiger partial charge is 0.481 e. The molecule has 4 heterocycles. The van der Waals surface area contributed by atoms with Crippen LogP contribution < -0.4 is 26.2 Å². The summed E-state index contributed by atoms with van der Waals surface area (Å²) in [5, 5.41) is 15.5. The Morgan fingerprint density at radius 1 is 0.979 bits per heavy atom. The van der Waals surface area contributed by atoms with E-state index in [2.05, 4.69) is 36.7 Å². The number of carbonyl (C=O) groups is 1. The fraction of sp³-hybridized carbons (Fsp3) is 0.333. The van der Waals surface area contributed by atoms with Crippen LogP contribution in [0.3, 0.4) is 0 Å². The van der Waals surface area contributed by atoms with Crippen molar-refractivity contribution in [3.63, 3.8) is 0 Å². The van der Waals surface area contributed by atoms with E-state index in [0.29, 0.717) is 59.0 Å². The Morgan fingerprint density at radius 2 is 1.67 bits per heavy atom. The van der Waals surface area contributed by atoms with Gasteiger partial charge in [0.05, 0.1) is 29.4 Å². The maximum atomic E-state index is 13.3. The van der Waals surface area contributed by atoms with E-state index < -0.39 is 0 Å². The molecule has 1 atom stereocenters. The number of halogens is 2. The standard InChI is InChI=1S/C36H39Cl2N7O3/c1-36(2,3)40-19-30-43-45-20-22(16-29(45)35(47)44(30)4)24-8-6-9-25(32(24)37)26-10-7-11-27(33(26)38)28-14-12-21(34(42-28)48-5)17-39-18-23-13-15-31(46)41-23/h6-12,14,16,20,23,39-40H,13,15,17-19H2,1-5H3,(H,41,46). The first kappa shape index (κ1) is 33.7. The molecule has 1 amide bonds. The zero-order valence-electron chi connectivity index (χ0n) is 27.7. The molecule has 3 aromatic heterocycles. The third kappa shape index (κ3) is 6.98. The normalized spacial score (nSPS) is 14.9. The zero-order chi connectivity index (χ0) is 34.2. The van der Waals surface area contributed by atoms with E-state index in [1.54, 1.807) is 23.2 Å². The average Bonchev–Trinajstić information content (AvgIpc) is 3.68. The van der Waals surface area contributed by atoms with E-state index in [4.69, 9.17) is 38.0 Å². The molecule has 1 unspecified atom stereocenters. The first-order chi connectivity index (χ1) is 22.9. The van der Waals surface area contributed by atoms with E-state index in [1.807, 2.05) is 60.8 Å². The monoisotopic (exact) mass is 687 g/mol. The van der Waals surface area contributed by atoms with Gasteiger partial charge in [-0.25, -0.2) is 9.50 Å². The third-order valence-electron chi connectivity index (χ3n) is 8.51. The van der Waals surface area contributed by atoms with Crippen LogP contribution in [0.4, 0.5) is 0 Å². The second-order valence-electron chi connectivity index (χ2n) is 13.1. The van der Waals surface area contributed by atoms with Gasteiger partial charge >= 0.3 is 0 Å². The summed E-state index contributed by atoms with van der Waals surface area (Å²) in [6, 6.07) is 17.4. The van der Waals surface area contributed by atoms with Crippen LogP contribution in [0, 0.1) is 0 Å². The predicted octanol–water partition coefficient (Wildman–Crippen LogP) is 6.00. The number of methoxy groups -OCH3 is 1. The van der Waals surface area contributed by atoms with Crippen molar-refractivity contribution < 1.29 is 9.53 Å². The molecule has 5 aromatic rings. The summed E-state index contributed by atoms with van der Waals surface area (Å²) < 4.78 is 8.84. The lowest BCUT2D eigenvalue weighted by molar-refractivity contribution is -0.119. The van der Waals surface area contributed by atoms with Gasteiger partial charge in [-0.15, -0.1) is 0 Å². The molecule has 0 radical (unpaired) electrons. The molecular formula is C36H39Cl2N7O3. The number of benzene rings is 2. The molecule has 3 N–H and O–H groups in total. The molecule has 2 aromatic carbocycles. The van der Waals surface area contributed by atoms with Crippen molar-refractivity contribution in [1.29, 1.82) is 0 Å². The van der Waals surface area contributed by atoms with E-state index in [0.717, 1.165) is 39.8 Å². The van der Waals surface area contributed by atoms with Crippen molar-refractivity contribution in [3.05, 3.63) is 92.6 Å². The molecule has 0 bridgehead atoms. The second-order valence-corrected chi connectivity index (χ2v) is 13.8. The molecule has 12 heteroatoms. The first-order valence-corrected chi connectivity index (χ1v) is 16.6. The summed E-state index contributed by atoms with van der Waals surface area (Å²) in [7, 11) is 3.33. The van der Waals surface area contributed by atoms with Crippen molar-refractivity contribution in [2.75, 3.05) is 13.7 Å². The van der Waals surface area contributed by atoms with Gasteiger partial charge in [0.15, 0.2) is 0 Å². The first-order valence-electron chi connectivity index (χ1n) is 15.9. The minimum Gasteiger partial charge on any atom is -0.481 e. The molecule has 1 aliphatic rings. The summed E-state index contributed by atoms with van der Waals surface area (Å²) in [6.45, 7) is 7.87. The zero-order valence-corrected chi connectivity index (χ0v) is 29.2. The number of ether oxygens (including phenoxy) is 1. The molecule has 1 saturated heterocycles. The SMILES string of the molecule is COc1nc(-c2cccc(-c3cccc(-c4cc5c(=O)n(C)c(CNC(C)(C)C)nn5c4)c3Cl)c2Cl)ccc1CNCC1CCC(=O)N1. The van der Waals surface area contributed by atoms with Crippen LogP contribution in [0.5, 0.6) is 5.88 Å². The number of hydrogen-bond donors (Lipinski definition) is 3. The number of nitrogens with one attached hydrogen (secondary N) is 3.